The van der Waals surface area contributed by atoms with Gasteiger partial charge in [0.2, 0.25) is 0 Å². The maximum absolute atomic E-state index is 11.6. The Morgan fingerprint density at radius 3 is 2.53 bits per heavy atom. The summed E-state index contributed by atoms with van der Waals surface area (Å²) in [6.07, 6.45) is 0. The molecule has 0 bridgehead atoms. The van der Waals surface area contributed by atoms with E-state index in [-0.39, 0.29) is 5.91 Å². The van der Waals surface area contributed by atoms with E-state index >= 15 is 0 Å². The van der Waals surface area contributed by atoms with Crippen molar-refractivity contribution in [3.05, 3.63) is 51.5 Å². The molecular formula is C14H15IN2O2. The van der Waals surface area contributed by atoms with Gasteiger partial charge in [-0.15, -0.1) is 0 Å². The minimum absolute atomic E-state index is 0.0466. The predicted molar refractivity (Wildman–Crippen MR) is 83.2 cm³/mol. The van der Waals surface area contributed by atoms with Gasteiger partial charge < -0.3 is 15.1 Å². The third-order valence-corrected chi connectivity index (χ3v) is 3.16. The molecule has 0 aliphatic heterocycles. The predicted octanol–water partition coefficient (Wildman–Crippen LogP) is 3.25. The summed E-state index contributed by atoms with van der Waals surface area (Å²) in [6.45, 7) is 3.16. The van der Waals surface area contributed by atoms with Gasteiger partial charge >= 0.3 is 0 Å². The highest BCUT2D eigenvalue weighted by molar-refractivity contribution is 14.1. The lowest BCUT2D eigenvalue weighted by molar-refractivity contribution is 0.0956. The van der Waals surface area contributed by atoms with E-state index < -0.39 is 0 Å². The van der Waals surface area contributed by atoms with Gasteiger partial charge in [0.05, 0.1) is 6.54 Å². The van der Waals surface area contributed by atoms with E-state index in [1.54, 1.807) is 12.1 Å². The number of carbonyl (C=O) groups excluding carboxylic acids is 1. The van der Waals surface area contributed by atoms with E-state index in [1.165, 1.54) is 0 Å². The fourth-order valence-electron chi connectivity index (χ4n) is 1.64. The van der Waals surface area contributed by atoms with Gasteiger partial charge in [-0.3, -0.25) is 4.79 Å². The summed E-state index contributed by atoms with van der Waals surface area (Å²) in [5, 5.41) is 6.01. The zero-order chi connectivity index (χ0) is 13.7. The molecule has 5 heteroatoms. The quantitative estimate of drug-likeness (QED) is 0.795. The molecule has 1 aromatic carbocycles. The molecular weight excluding hydrogens is 355 g/mol. The van der Waals surface area contributed by atoms with E-state index in [9.17, 15) is 4.79 Å². The van der Waals surface area contributed by atoms with Crippen molar-refractivity contribution in [2.75, 3.05) is 11.9 Å². The molecule has 4 nitrogen and oxygen atoms in total. The summed E-state index contributed by atoms with van der Waals surface area (Å²) in [7, 11) is 0. The Balaban J connectivity index is 1.93. The lowest BCUT2D eigenvalue weighted by Gasteiger charge is -2.06. The maximum Gasteiger partial charge on any atom is 0.251 e. The van der Waals surface area contributed by atoms with Gasteiger partial charge in [0, 0.05) is 17.8 Å². The molecule has 1 heterocycles. The Bertz CT molecular complexity index is 549. The average molecular weight is 370 g/mol. The van der Waals surface area contributed by atoms with E-state index in [4.69, 9.17) is 4.42 Å². The topological polar surface area (TPSA) is 54.3 Å². The van der Waals surface area contributed by atoms with Crippen molar-refractivity contribution in [2.45, 2.75) is 13.5 Å². The van der Waals surface area contributed by atoms with Gasteiger partial charge in [-0.05, 0) is 65.9 Å². The molecule has 2 N–H and O–H groups in total. The van der Waals surface area contributed by atoms with Crippen molar-refractivity contribution in [2.24, 2.45) is 0 Å². The molecule has 2 aromatic rings. The molecule has 0 spiro atoms. The summed E-state index contributed by atoms with van der Waals surface area (Å²) in [5.41, 5.74) is 1.62. The number of rotatable bonds is 5. The van der Waals surface area contributed by atoms with Gasteiger partial charge in [0.25, 0.3) is 5.91 Å². The fourth-order valence-corrected chi connectivity index (χ4v) is 2.10. The number of amides is 1. The standard InChI is InChI=1S/C14H15IN2O2/c1-2-16-14(18)10-3-5-11(6-4-10)17-9-12-7-8-13(15)19-12/h3-8,17H,2,9H2,1H3,(H,16,18). The van der Waals surface area contributed by atoms with Crippen LogP contribution >= 0.6 is 22.6 Å². The number of carbonyl (C=O) groups is 1. The van der Waals surface area contributed by atoms with Crippen LogP contribution in [0.2, 0.25) is 0 Å². The second kappa shape index (κ2) is 6.60. The van der Waals surface area contributed by atoms with Gasteiger partial charge in [0.1, 0.15) is 5.76 Å². The summed E-state index contributed by atoms with van der Waals surface area (Å²) < 4.78 is 6.34. The van der Waals surface area contributed by atoms with Crippen LogP contribution in [0.3, 0.4) is 0 Å². The molecule has 0 fully saturated rings. The number of hydrogen-bond donors (Lipinski definition) is 2. The normalized spacial score (nSPS) is 10.2. The minimum atomic E-state index is -0.0466. The van der Waals surface area contributed by atoms with Crippen LogP contribution in [-0.4, -0.2) is 12.5 Å². The molecule has 0 aliphatic rings. The molecule has 2 rings (SSSR count). The maximum atomic E-state index is 11.6. The number of nitrogens with one attached hydrogen (secondary N) is 2. The summed E-state index contributed by atoms with van der Waals surface area (Å²) in [6, 6.07) is 11.3. The van der Waals surface area contributed by atoms with Crippen LogP contribution in [0, 0.1) is 3.77 Å². The Kier molecular flexibility index (Phi) is 4.84. The lowest BCUT2D eigenvalue weighted by Crippen LogP contribution is -2.22. The first-order valence-electron chi connectivity index (χ1n) is 6.05. The first kappa shape index (κ1) is 13.9. The molecule has 0 unspecified atom stereocenters. The van der Waals surface area contributed by atoms with Gasteiger partial charge in [-0.25, -0.2) is 0 Å². The minimum Gasteiger partial charge on any atom is -0.454 e. The number of furan rings is 1. The molecule has 0 aliphatic carbocycles. The number of halogens is 1. The highest BCUT2D eigenvalue weighted by Gasteiger charge is 2.04. The van der Waals surface area contributed by atoms with Crippen molar-refractivity contribution in [3.63, 3.8) is 0 Å². The molecule has 0 saturated heterocycles. The van der Waals surface area contributed by atoms with Crippen molar-refractivity contribution < 1.29 is 9.21 Å². The summed E-state index contributed by atoms with van der Waals surface area (Å²) >= 11 is 2.14. The third kappa shape index (κ3) is 3.99. The van der Waals surface area contributed by atoms with E-state index in [2.05, 4.69) is 33.2 Å². The lowest BCUT2D eigenvalue weighted by atomic mass is 10.2. The second-order valence-corrected chi connectivity index (χ2v) is 5.06. The van der Waals surface area contributed by atoms with Crippen molar-refractivity contribution >= 4 is 34.2 Å². The van der Waals surface area contributed by atoms with Crippen molar-refractivity contribution in [1.29, 1.82) is 0 Å². The van der Waals surface area contributed by atoms with Crippen LogP contribution in [0.4, 0.5) is 5.69 Å². The molecule has 19 heavy (non-hydrogen) atoms. The summed E-state index contributed by atoms with van der Waals surface area (Å²) in [5.74, 6) is 0.840. The molecule has 0 radical (unpaired) electrons. The Morgan fingerprint density at radius 2 is 1.95 bits per heavy atom. The van der Waals surface area contributed by atoms with E-state index in [1.807, 2.05) is 31.2 Å². The number of benzene rings is 1. The molecule has 100 valence electrons. The zero-order valence-electron chi connectivity index (χ0n) is 10.6. The van der Waals surface area contributed by atoms with Gasteiger partial charge in [-0.2, -0.15) is 0 Å². The molecule has 0 atom stereocenters. The second-order valence-electron chi connectivity index (χ2n) is 4.00. The Hall–Kier alpha value is -1.50. The van der Waals surface area contributed by atoms with E-state index in [0.717, 1.165) is 15.2 Å². The fraction of sp³-hybridized carbons (Fsp3) is 0.214. The third-order valence-electron chi connectivity index (χ3n) is 2.58. The Morgan fingerprint density at radius 1 is 1.21 bits per heavy atom. The van der Waals surface area contributed by atoms with Crippen molar-refractivity contribution in [3.8, 4) is 0 Å². The monoisotopic (exact) mass is 370 g/mol. The smallest absolute Gasteiger partial charge is 0.251 e. The van der Waals surface area contributed by atoms with Crippen molar-refractivity contribution in [1.82, 2.24) is 5.32 Å². The van der Waals surface area contributed by atoms with Gasteiger partial charge in [-0.1, -0.05) is 0 Å². The van der Waals surface area contributed by atoms with Crippen LogP contribution in [0.5, 0.6) is 0 Å². The molecule has 1 amide bonds. The summed E-state index contributed by atoms with van der Waals surface area (Å²) in [4.78, 5) is 11.6. The van der Waals surface area contributed by atoms with Crippen LogP contribution in [0.15, 0.2) is 40.8 Å². The molecule has 0 saturated carbocycles. The highest BCUT2D eigenvalue weighted by Crippen LogP contribution is 2.14. The van der Waals surface area contributed by atoms with Crippen LogP contribution < -0.4 is 10.6 Å². The van der Waals surface area contributed by atoms with E-state index in [0.29, 0.717) is 18.7 Å². The van der Waals surface area contributed by atoms with Crippen LogP contribution in [0.1, 0.15) is 23.0 Å². The zero-order valence-corrected chi connectivity index (χ0v) is 12.7. The Labute approximate surface area is 125 Å². The molecule has 1 aromatic heterocycles. The SMILES string of the molecule is CCNC(=O)c1ccc(NCc2ccc(I)o2)cc1. The van der Waals surface area contributed by atoms with Crippen LogP contribution in [0.25, 0.3) is 0 Å². The number of anilines is 1. The van der Waals surface area contributed by atoms with Gasteiger partial charge in [0.15, 0.2) is 3.77 Å². The highest BCUT2D eigenvalue weighted by atomic mass is 127. The first-order valence-corrected chi connectivity index (χ1v) is 7.13. The first-order chi connectivity index (χ1) is 9.19. The largest absolute Gasteiger partial charge is 0.454 e. The average Bonchev–Trinajstić information content (AvgIpc) is 2.83. The van der Waals surface area contributed by atoms with Crippen LogP contribution in [-0.2, 0) is 6.54 Å². The number of hydrogen-bond acceptors (Lipinski definition) is 3.